The van der Waals surface area contributed by atoms with E-state index in [0.717, 1.165) is 16.7 Å². The minimum Gasteiger partial charge on any atom is -0.366 e. The molecule has 1 heterocycles. The van der Waals surface area contributed by atoms with Crippen LogP contribution in [0.25, 0.3) is 16.9 Å². The quantitative estimate of drug-likeness (QED) is 0.486. The van der Waals surface area contributed by atoms with E-state index in [9.17, 15) is 14.0 Å². The molecule has 32 heavy (non-hydrogen) atoms. The van der Waals surface area contributed by atoms with Gasteiger partial charge in [-0.1, -0.05) is 35.9 Å². The number of aryl methyl sites for hydroxylation is 1. The van der Waals surface area contributed by atoms with Crippen molar-refractivity contribution in [1.29, 1.82) is 0 Å². The number of hydrogen-bond acceptors (Lipinski definition) is 3. The molecule has 1 aromatic heterocycles. The molecule has 4 rings (SSSR count). The van der Waals surface area contributed by atoms with Gasteiger partial charge in [-0.15, -0.1) is 0 Å². The van der Waals surface area contributed by atoms with Gasteiger partial charge in [-0.05, 0) is 55.0 Å². The van der Waals surface area contributed by atoms with Crippen molar-refractivity contribution in [2.45, 2.75) is 13.5 Å². The van der Waals surface area contributed by atoms with Crippen LogP contribution in [0.15, 0.2) is 79.0 Å². The maximum atomic E-state index is 13.3. The van der Waals surface area contributed by atoms with Gasteiger partial charge in [-0.3, -0.25) is 9.59 Å². The van der Waals surface area contributed by atoms with E-state index in [-0.39, 0.29) is 18.3 Å². The predicted molar refractivity (Wildman–Crippen MR) is 120 cm³/mol. The number of carbonyl (C=O) groups excluding carboxylic acids is 2. The molecule has 4 aromatic rings. The molecular weight excluding hydrogens is 407 g/mol. The normalized spacial score (nSPS) is 10.7. The summed E-state index contributed by atoms with van der Waals surface area (Å²) in [6, 6.07) is 20.3. The summed E-state index contributed by atoms with van der Waals surface area (Å²) >= 11 is 0. The molecule has 0 spiro atoms. The molecule has 0 saturated carbocycles. The molecule has 0 fully saturated rings. The Balaban J connectivity index is 1.64. The first-order valence-corrected chi connectivity index (χ1v) is 10.0. The first kappa shape index (κ1) is 21.0. The molecule has 3 aromatic carbocycles. The van der Waals surface area contributed by atoms with E-state index in [1.54, 1.807) is 47.3 Å². The summed E-state index contributed by atoms with van der Waals surface area (Å²) in [6.45, 7) is 2.24. The zero-order valence-electron chi connectivity index (χ0n) is 17.4. The van der Waals surface area contributed by atoms with Gasteiger partial charge in [-0.2, -0.15) is 5.10 Å². The smallest absolute Gasteiger partial charge is 0.255 e. The van der Waals surface area contributed by atoms with Crippen LogP contribution in [0.4, 0.5) is 4.39 Å². The first-order chi connectivity index (χ1) is 15.4. The molecule has 160 valence electrons. The van der Waals surface area contributed by atoms with Gasteiger partial charge in [0.05, 0.1) is 11.3 Å². The van der Waals surface area contributed by atoms with E-state index in [0.29, 0.717) is 22.5 Å². The summed E-state index contributed by atoms with van der Waals surface area (Å²) in [4.78, 5) is 24.3. The van der Waals surface area contributed by atoms with Gasteiger partial charge >= 0.3 is 0 Å². The van der Waals surface area contributed by atoms with Crippen LogP contribution in [0.3, 0.4) is 0 Å². The fourth-order valence-corrected chi connectivity index (χ4v) is 3.34. The lowest BCUT2D eigenvalue weighted by Crippen LogP contribution is -2.23. The Hall–Kier alpha value is -4.26. The average molecular weight is 428 g/mol. The van der Waals surface area contributed by atoms with Gasteiger partial charge in [0.1, 0.15) is 11.5 Å². The molecule has 3 N–H and O–H groups in total. The third-order valence-corrected chi connectivity index (χ3v) is 5.03. The third-order valence-electron chi connectivity index (χ3n) is 5.03. The molecule has 0 saturated heterocycles. The Labute approximate surface area is 184 Å². The van der Waals surface area contributed by atoms with Gasteiger partial charge in [0.2, 0.25) is 5.91 Å². The Morgan fingerprint density at radius 2 is 1.75 bits per heavy atom. The number of nitrogens with one attached hydrogen (secondary N) is 1. The predicted octanol–water partition coefficient (Wildman–Crippen LogP) is 4.02. The topological polar surface area (TPSA) is 90.0 Å². The number of benzene rings is 3. The minimum atomic E-state index is -0.503. The number of halogens is 1. The van der Waals surface area contributed by atoms with Crippen molar-refractivity contribution in [3.05, 3.63) is 107 Å². The van der Waals surface area contributed by atoms with Crippen LogP contribution in [-0.2, 0) is 6.54 Å². The molecule has 0 unspecified atom stereocenters. The fraction of sp³-hybridized carbons (Fsp3) is 0.0800. The van der Waals surface area contributed by atoms with Crippen molar-refractivity contribution in [3.8, 4) is 16.9 Å². The van der Waals surface area contributed by atoms with Gasteiger partial charge in [0.15, 0.2) is 0 Å². The molecule has 0 atom stereocenters. The number of hydrogen-bond donors (Lipinski definition) is 2. The monoisotopic (exact) mass is 428 g/mol. The zero-order chi connectivity index (χ0) is 22.7. The first-order valence-electron chi connectivity index (χ1n) is 10.0. The van der Waals surface area contributed by atoms with Crippen LogP contribution in [0, 0.1) is 12.7 Å². The van der Waals surface area contributed by atoms with Crippen LogP contribution in [-0.4, -0.2) is 21.6 Å². The van der Waals surface area contributed by atoms with Crippen molar-refractivity contribution in [3.63, 3.8) is 0 Å². The number of amides is 2. The van der Waals surface area contributed by atoms with Crippen LogP contribution in [0.1, 0.15) is 31.8 Å². The SMILES string of the molecule is Cc1cccc(-c2nn(-c3ccc(F)cc3)cc2C(=O)NCc2ccc(C(N)=O)cc2)c1. The second-order valence-corrected chi connectivity index (χ2v) is 7.43. The largest absolute Gasteiger partial charge is 0.366 e. The molecule has 0 aliphatic heterocycles. The summed E-state index contributed by atoms with van der Waals surface area (Å²) < 4.78 is 14.9. The lowest BCUT2D eigenvalue weighted by atomic mass is 10.1. The van der Waals surface area contributed by atoms with Crippen molar-refractivity contribution in [1.82, 2.24) is 15.1 Å². The van der Waals surface area contributed by atoms with Gasteiger partial charge < -0.3 is 11.1 Å². The molecule has 2 amide bonds. The average Bonchev–Trinajstić information content (AvgIpc) is 3.24. The number of carbonyl (C=O) groups is 2. The van der Waals surface area contributed by atoms with E-state index in [2.05, 4.69) is 10.4 Å². The number of rotatable bonds is 6. The molecule has 0 radical (unpaired) electrons. The summed E-state index contributed by atoms with van der Waals surface area (Å²) in [5.74, 6) is -1.15. The fourth-order valence-electron chi connectivity index (χ4n) is 3.34. The van der Waals surface area contributed by atoms with E-state index in [1.807, 2.05) is 31.2 Å². The van der Waals surface area contributed by atoms with Crippen LogP contribution in [0.5, 0.6) is 0 Å². The summed E-state index contributed by atoms with van der Waals surface area (Å²) in [6.07, 6.45) is 1.64. The minimum absolute atomic E-state index is 0.271. The maximum Gasteiger partial charge on any atom is 0.255 e. The third kappa shape index (κ3) is 4.57. The highest BCUT2D eigenvalue weighted by Gasteiger charge is 2.19. The molecular formula is C25H21FN4O2. The van der Waals surface area contributed by atoms with Crippen LogP contribution in [0.2, 0.25) is 0 Å². The van der Waals surface area contributed by atoms with E-state index in [1.165, 1.54) is 12.1 Å². The Morgan fingerprint density at radius 3 is 2.41 bits per heavy atom. The summed E-state index contributed by atoms with van der Waals surface area (Å²) in [5, 5.41) is 7.50. The highest BCUT2D eigenvalue weighted by Crippen LogP contribution is 2.25. The zero-order valence-corrected chi connectivity index (χ0v) is 17.4. The highest BCUT2D eigenvalue weighted by molar-refractivity contribution is 6.00. The summed E-state index contributed by atoms with van der Waals surface area (Å²) in [7, 11) is 0. The van der Waals surface area contributed by atoms with Crippen molar-refractivity contribution < 1.29 is 14.0 Å². The van der Waals surface area contributed by atoms with Gasteiger partial charge in [-0.25, -0.2) is 9.07 Å². The lowest BCUT2D eigenvalue weighted by Gasteiger charge is -2.07. The second kappa shape index (κ2) is 8.85. The molecule has 0 aliphatic carbocycles. The maximum absolute atomic E-state index is 13.3. The molecule has 0 aliphatic rings. The number of nitrogens with two attached hydrogens (primary N) is 1. The number of primary amides is 1. The Kier molecular flexibility index (Phi) is 5.81. The van der Waals surface area contributed by atoms with E-state index < -0.39 is 5.91 Å². The molecule has 0 bridgehead atoms. The van der Waals surface area contributed by atoms with Gasteiger partial charge in [0, 0.05) is 23.9 Å². The molecule has 6 nitrogen and oxygen atoms in total. The highest BCUT2D eigenvalue weighted by atomic mass is 19.1. The molecule has 7 heteroatoms. The van der Waals surface area contributed by atoms with Crippen LogP contribution < -0.4 is 11.1 Å². The van der Waals surface area contributed by atoms with E-state index >= 15 is 0 Å². The van der Waals surface area contributed by atoms with E-state index in [4.69, 9.17) is 5.73 Å². The standard InChI is InChI=1S/C25H21FN4O2/c1-16-3-2-4-19(13-16)23-22(15-30(29-23)21-11-9-20(26)10-12-21)25(32)28-14-17-5-7-18(8-6-17)24(27)31/h2-13,15H,14H2,1H3,(H2,27,31)(H,28,32). The lowest BCUT2D eigenvalue weighted by molar-refractivity contribution is 0.0950. The van der Waals surface area contributed by atoms with Crippen molar-refractivity contribution in [2.24, 2.45) is 5.73 Å². The van der Waals surface area contributed by atoms with Crippen molar-refractivity contribution in [2.75, 3.05) is 0 Å². The second-order valence-electron chi connectivity index (χ2n) is 7.43. The van der Waals surface area contributed by atoms with Gasteiger partial charge in [0.25, 0.3) is 5.91 Å². The van der Waals surface area contributed by atoms with Crippen molar-refractivity contribution >= 4 is 11.8 Å². The number of aromatic nitrogens is 2. The van der Waals surface area contributed by atoms with Crippen LogP contribution >= 0.6 is 0 Å². The number of nitrogens with zero attached hydrogens (tertiary/aromatic N) is 2. The Morgan fingerprint density at radius 1 is 1.03 bits per heavy atom. The summed E-state index contributed by atoms with van der Waals surface area (Å²) in [5.41, 5.74) is 9.91. The Bertz CT molecular complexity index is 1280.